The highest BCUT2D eigenvalue weighted by Crippen LogP contribution is 2.40. The molecule has 0 aromatic carbocycles. The Labute approximate surface area is 163 Å². The topological polar surface area (TPSA) is 91.3 Å². The van der Waals surface area contributed by atoms with Gasteiger partial charge in [-0.25, -0.2) is 4.99 Å². The SMILES string of the molecule is CN1C(=O)[C@@](CCC2CCCCC2)(C[C@H]2CCCC(=NCCO)C2)N=C1N. The second kappa shape index (κ2) is 9.18. The monoisotopic (exact) mass is 376 g/mol. The molecule has 3 N–H and O–H groups in total. The van der Waals surface area contributed by atoms with Crippen LogP contribution < -0.4 is 5.73 Å². The molecular formula is C21H36N4O2. The maximum absolute atomic E-state index is 13.1. The normalized spacial score (nSPS) is 31.6. The van der Waals surface area contributed by atoms with Crippen LogP contribution in [-0.4, -0.2) is 53.3 Å². The first-order valence-electron chi connectivity index (χ1n) is 10.8. The van der Waals surface area contributed by atoms with Crippen LogP contribution in [0, 0.1) is 11.8 Å². The Morgan fingerprint density at radius 1 is 1.22 bits per heavy atom. The molecule has 0 bridgehead atoms. The van der Waals surface area contributed by atoms with Crippen LogP contribution in [0.3, 0.4) is 0 Å². The van der Waals surface area contributed by atoms with Gasteiger partial charge in [-0.1, -0.05) is 32.1 Å². The standard InChI is InChI=1S/C21H36N4O2/c1-25-19(27)21(24-20(25)22,11-10-16-6-3-2-4-7-16)15-17-8-5-9-18(14-17)23-12-13-26/h16-17,26H,2-15H2,1H3,(H2,22,24)/t17-,21+/m0/s1. The van der Waals surface area contributed by atoms with Crippen LogP contribution in [0.1, 0.15) is 77.0 Å². The predicted octanol–water partition coefficient (Wildman–Crippen LogP) is 2.89. The van der Waals surface area contributed by atoms with Crippen molar-refractivity contribution in [3.8, 4) is 0 Å². The summed E-state index contributed by atoms with van der Waals surface area (Å²) in [6.07, 6.45) is 13.4. The number of hydrogen-bond donors (Lipinski definition) is 2. The summed E-state index contributed by atoms with van der Waals surface area (Å²) < 4.78 is 0. The van der Waals surface area contributed by atoms with Crippen LogP contribution >= 0.6 is 0 Å². The summed E-state index contributed by atoms with van der Waals surface area (Å²) in [4.78, 5) is 23.9. The van der Waals surface area contributed by atoms with Gasteiger partial charge in [0, 0.05) is 12.8 Å². The minimum Gasteiger partial charge on any atom is -0.394 e. The van der Waals surface area contributed by atoms with E-state index >= 15 is 0 Å². The molecule has 0 spiro atoms. The molecule has 1 amide bonds. The van der Waals surface area contributed by atoms with Gasteiger partial charge in [0.2, 0.25) is 0 Å². The average Bonchev–Trinajstić information content (AvgIpc) is 2.90. The van der Waals surface area contributed by atoms with Crippen LogP contribution in [0.4, 0.5) is 0 Å². The molecule has 2 aliphatic carbocycles. The Balaban J connectivity index is 1.69. The van der Waals surface area contributed by atoms with E-state index in [1.165, 1.54) is 37.8 Å². The van der Waals surface area contributed by atoms with Crippen molar-refractivity contribution in [1.82, 2.24) is 4.90 Å². The number of rotatable bonds is 7. The smallest absolute Gasteiger partial charge is 0.257 e. The van der Waals surface area contributed by atoms with Crippen LogP contribution in [0.25, 0.3) is 0 Å². The summed E-state index contributed by atoms with van der Waals surface area (Å²) in [6, 6.07) is 0. The van der Waals surface area contributed by atoms with Crippen molar-refractivity contribution in [2.45, 2.75) is 82.6 Å². The molecule has 3 aliphatic rings. The molecule has 6 nitrogen and oxygen atoms in total. The average molecular weight is 377 g/mol. The number of nitrogens with two attached hydrogens (primary N) is 1. The Bertz CT molecular complexity index is 583. The Morgan fingerprint density at radius 2 is 1.96 bits per heavy atom. The fourth-order valence-electron chi connectivity index (χ4n) is 5.21. The molecule has 6 heteroatoms. The first kappa shape index (κ1) is 20.3. The number of likely N-dealkylation sites (N-methyl/N-ethyl adjacent to an activating group) is 1. The van der Waals surface area contributed by atoms with E-state index in [9.17, 15) is 4.79 Å². The summed E-state index contributed by atoms with van der Waals surface area (Å²) in [5.41, 5.74) is 6.58. The van der Waals surface area contributed by atoms with Gasteiger partial charge in [0.05, 0.1) is 13.2 Å². The van der Waals surface area contributed by atoms with E-state index in [4.69, 9.17) is 15.8 Å². The molecule has 0 radical (unpaired) electrons. The van der Waals surface area contributed by atoms with Gasteiger partial charge < -0.3 is 10.8 Å². The number of carbonyl (C=O) groups is 1. The van der Waals surface area contributed by atoms with E-state index in [1.54, 1.807) is 11.9 Å². The van der Waals surface area contributed by atoms with E-state index in [-0.39, 0.29) is 12.5 Å². The van der Waals surface area contributed by atoms with Gasteiger partial charge in [-0.05, 0) is 56.8 Å². The fraction of sp³-hybridized carbons (Fsp3) is 0.857. The van der Waals surface area contributed by atoms with E-state index in [1.807, 2.05) is 0 Å². The van der Waals surface area contributed by atoms with E-state index in [0.717, 1.165) is 50.9 Å². The molecule has 3 rings (SSSR count). The van der Waals surface area contributed by atoms with Gasteiger partial charge in [-0.3, -0.25) is 14.7 Å². The van der Waals surface area contributed by atoms with Gasteiger partial charge in [0.25, 0.3) is 5.91 Å². The van der Waals surface area contributed by atoms with Crippen molar-refractivity contribution in [2.24, 2.45) is 27.6 Å². The number of aliphatic imine (C=N–C) groups is 2. The predicted molar refractivity (Wildman–Crippen MR) is 109 cm³/mol. The summed E-state index contributed by atoms with van der Waals surface area (Å²) in [6.45, 7) is 0.589. The lowest BCUT2D eigenvalue weighted by molar-refractivity contribution is -0.131. The summed E-state index contributed by atoms with van der Waals surface area (Å²) in [5, 5.41) is 9.03. The minimum atomic E-state index is -0.666. The van der Waals surface area contributed by atoms with Crippen molar-refractivity contribution in [1.29, 1.82) is 0 Å². The second-order valence-electron chi connectivity index (χ2n) is 8.75. The van der Waals surface area contributed by atoms with Crippen molar-refractivity contribution in [2.75, 3.05) is 20.2 Å². The zero-order valence-electron chi connectivity index (χ0n) is 16.8. The zero-order chi connectivity index (χ0) is 19.3. The van der Waals surface area contributed by atoms with Gasteiger partial charge in [0.15, 0.2) is 5.96 Å². The summed E-state index contributed by atoms with van der Waals surface area (Å²) in [7, 11) is 1.75. The lowest BCUT2D eigenvalue weighted by Gasteiger charge is -2.33. The number of aliphatic hydroxyl groups excluding tert-OH is 1. The fourth-order valence-corrected chi connectivity index (χ4v) is 5.21. The minimum absolute atomic E-state index is 0.0789. The maximum atomic E-state index is 13.1. The third-order valence-corrected chi connectivity index (χ3v) is 6.73. The number of nitrogens with zero attached hydrogens (tertiary/aromatic N) is 3. The number of hydrogen-bond acceptors (Lipinski definition) is 5. The Kier molecular flexibility index (Phi) is 6.90. The molecule has 2 saturated carbocycles. The van der Waals surface area contributed by atoms with Crippen molar-refractivity contribution >= 4 is 17.6 Å². The van der Waals surface area contributed by atoms with Crippen molar-refractivity contribution in [3.63, 3.8) is 0 Å². The van der Waals surface area contributed by atoms with Gasteiger partial charge >= 0.3 is 0 Å². The Hall–Kier alpha value is -1.43. The Morgan fingerprint density at radius 3 is 2.63 bits per heavy atom. The first-order chi connectivity index (χ1) is 13.0. The number of amides is 1. The van der Waals surface area contributed by atoms with Gasteiger partial charge in [0.1, 0.15) is 5.54 Å². The molecule has 0 aromatic rings. The molecule has 2 atom stereocenters. The van der Waals surface area contributed by atoms with Gasteiger partial charge in [-0.15, -0.1) is 0 Å². The first-order valence-corrected chi connectivity index (χ1v) is 10.8. The largest absolute Gasteiger partial charge is 0.394 e. The molecule has 1 aliphatic heterocycles. The molecule has 1 heterocycles. The molecule has 0 saturated heterocycles. The van der Waals surface area contributed by atoms with Crippen LogP contribution in [0.15, 0.2) is 9.98 Å². The highest BCUT2D eigenvalue weighted by molar-refractivity contribution is 6.06. The molecular weight excluding hydrogens is 340 g/mol. The number of aliphatic hydroxyl groups is 1. The summed E-state index contributed by atoms with van der Waals surface area (Å²) in [5.74, 6) is 1.61. The highest BCUT2D eigenvalue weighted by atomic mass is 16.3. The number of guanidine groups is 1. The van der Waals surface area contributed by atoms with Crippen LogP contribution in [0.2, 0.25) is 0 Å². The maximum Gasteiger partial charge on any atom is 0.257 e. The van der Waals surface area contributed by atoms with E-state index in [2.05, 4.69) is 4.99 Å². The van der Waals surface area contributed by atoms with Crippen molar-refractivity contribution < 1.29 is 9.90 Å². The van der Waals surface area contributed by atoms with Crippen molar-refractivity contribution in [3.05, 3.63) is 0 Å². The van der Waals surface area contributed by atoms with Crippen LogP contribution in [0.5, 0.6) is 0 Å². The molecule has 2 fully saturated rings. The number of carbonyl (C=O) groups excluding carboxylic acids is 1. The third kappa shape index (κ3) is 4.89. The quantitative estimate of drug-likeness (QED) is 0.716. The van der Waals surface area contributed by atoms with Gasteiger partial charge in [-0.2, -0.15) is 0 Å². The summed E-state index contributed by atoms with van der Waals surface area (Å²) >= 11 is 0. The van der Waals surface area contributed by atoms with E-state index in [0.29, 0.717) is 18.4 Å². The van der Waals surface area contributed by atoms with Crippen LogP contribution in [-0.2, 0) is 4.79 Å². The highest BCUT2D eigenvalue weighted by Gasteiger charge is 2.47. The zero-order valence-corrected chi connectivity index (χ0v) is 16.8. The van der Waals surface area contributed by atoms with E-state index < -0.39 is 5.54 Å². The second-order valence-corrected chi connectivity index (χ2v) is 8.75. The molecule has 27 heavy (non-hydrogen) atoms. The lowest BCUT2D eigenvalue weighted by atomic mass is 9.74. The lowest BCUT2D eigenvalue weighted by Crippen LogP contribution is -2.44. The molecule has 0 unspecified atom stereocenters. The molecule has 0 aromatic heterocycles. The molecule has 152 valence electrons. The third-order valence-electron chi connectivity index (χ3n) is 6.73.